The summed E-state index contributed by atoms with van der Waals surface area (Å²) in [7, 11) is 4.99. The highest BCUT2D eigenvalue weighted by molar-refractivity contribution is 6.02. The van der Waals surface area contributed by atoms with Gasteiger partial charge in [-0.3, -0.25) is 0 Å². The van der Waals surface area contributed by atoms with Crippen molar-refractivity contribution in [2.75, 3.05) is 21.1 Å². The molecule has 0 aromatic heterocycles. The Morgan fingerprint density at radius 1 is 0.870 bits per heavy atom. The van der Waals surface area contributed by atoms with Gasteiger partial charge in [0.1, 0.15) is 0 Å². The van der Waals surface area contributed by atoms with Crippen LogP contribution in [0.1, 0.15) is 71.6 Å². The molecule has 0 aliphatic heterocycles. The highest BCUT2D eigenvalue weighted by Gasteiger charge is 2.62. The molecule has 0 saturated heterocycles. The third-order valence-electron chi connectivity index (χ3n) is 4.95. The van der Waals surface area contributed by atoms with Crippen molar-refractivity contribution in [1.82, 2.24) is 0 Å². The Labute approximate surface area is 141 Å². The zero-order chi connectivity index (χ0) is 18.1. The zero-order valence-corrected chi connectivity index (χ0v) is 15.6. The van der Waals surface area contributed by atoms with Crippen LogP contribution in [0.5, 0.6) is 0 Å². The number of carboxylic acids is 2. The number of carbonyl (C=O) groups is 2. The van der Waals surface area contributed by atoms with Gasteiger partial charge in [0.2, 0.25) is 0 Å². The Hall–Kier alpha value is -1.10. The summed E-state index contributed by atoms with van der Waals surface area (Å²) in [5, 5.41) is 19.5. The quantitative estimate of drug-likeness (QED) is 0.306. The van der Waals surface area contributed by atoms with E-state index < -0.39 is 17.5 Å². The molecule has 0 bridgehead atoms. The first-order valence-corrected chi connectivity index (χ1v) is 8.94. The maximum atomic E-state index is 11.9. The topological polar surface area (TPSA) is 74.6 Å². The summed E-state index contributed by atoms with van der Waals surface area (Å²) in [5.74, 6) is -2.83. The van der Waals surface area contributed by atoms with E-state index in [1.165, 1.54) is 25.7 Å². The largest absolute Gasteiger partial charge is 0.476 e. The van der Waals surface area contributed by atoms with E-state index in [9.17, 15) is 19.8 Å². The Kier molecular flexibility index (Phi) is 9.44. The van der Waals surface area contributed by atoms with Crippen LogP contribution >= 0.6 is 0 Å². The molecular formula is C18H36NO4+. The highest BCUT2D eigenvalue weighted by atomic mass is 16.4. The third-order valence-corrected chi connectivity index (χ3v) is 4.95. The molecule has 0 saturated carbocycles. The fourth-order valence-electron chi connectivity index (χ4n) is 3.62. The van der Waals surface area contributed by atoms with E-state index in [0.717, 1.165) is 19.3 Å². The molecule has 0 aliphatic carbocycles. The Morgan fingerprint density at radius 3 is 1.65 bits per heavy atom. The number of unbranched alkanes of at least 4 members (excludes halogenated alkanes) is 6. The van der Waals surface area contributed by atoms with E-state index in [4.69, 9.17) is 0 Å². The first-order valence-electron chi connectivity index (χ1n) is 8.94. The molecule has 5 nitrogen and oxygen atoms in total. The minimum absolute atomic E-state index is 0.104. The van der Waals surface area contributed by atoms with Crippen molar-refractivity contribution in [2.45, 2.75) is 77.2 Å². The molecule has 0 aliphatic rings. The lowest BCUT2D eigenvalue weighted by Crippen LogP contribution is -2.70. The van der Waals surface area contributed by atoms with Crippen LogP contribution in [0.4, 0.5) is 0 Å². The van der Waals surface area contributed by atoms with Crippen molar-refractivity contribution in [3.05, 3.63) is 0 Å². The number of hydrogen-bond donors (Lipinski definition) is 2. The monoisotopic (exact) mass is 330 g/mol. The number of rotatable bonds is 13. The molecule has 0 fully saturated rings. The molecule has 0 amide bonds. The number of carboxylic acid groups (broad SMARTS) is 2. The highest BCUT2D eigenvalue weighted by Crippen LogP contribution is 2.35. The molecule has 2 N–H and O–H groups in total. The molecule has 5 heteroatoms. The summed E-state index contributed by atoms with van der Waals surface area (Å²) < 4.78 is -0.104. The van der Waals surface area contributed by atoms with Crippen LogP contribution in [0.3, 0.4) is 0 Å². The second-order valence-corrected chi connectivity index (χ2v) is 7.40. The van der Waals surface area contributed by atoms with Gasteiger partial charge in [0.25, 0.3) is 5.54 Å². The standard InChI is InChI=1S/C18H35NO4/c1-6-8-9-10-11-12-13-14-15(7-2)18(16(20)21,17(22)23)19(3,4)5/h15H,6-14H2,1-5H3,(H-,20,21,22,23)/p+1. The Bertz CT molecular complexity index is 360. The van der Waals surface area contributed by atoms with E-state index in [2.05, 4.69) is 6.92 Å². The number of likely N-dealkylation sites (N-methyl/N-ethyl adjacent to an activating group) is 1. The van der Waals surface area contributed by atoms with E-state index in [-0.39, 0.29) is 10.4 Å². The molecular weight excluding hydrogens is 294 g/mol. The van der Waals surface area contributed by atoms with Gasteiger partial charge < -0.3 is 14.7 Å². The lowest BCUT2D eigenvalue weighted by atomic mass is 9.76. The van der Waals surface area contributed by atoms with Crippen LogP contribution < -0.4 is 0 Å². The predicted octanol–water partition coefficient (Wildman–Crippen LogP) is 3.77. The van der Waals surface area contributed by atoms with Gasteiger partial charge in [-0.2, -0.15) is 0 Å². The second kappa shape index (κ2) is 9.91. The van der Waals surface area contributed by atoms with Crippen molar-refractivity contribution >= 4 is 11.9 Å². The fourth-order valence-corrected chi connectivity index (χ4v) is 3.62. The number of quaternary nitrogens is 1. The van der Waals surface area contributed by atoms with Gasteiger partial charge in [-0.05, 0) is 12.8 Å². The fraction of sp³-hybridized carbons (Fsp3) is 0.889. The van der Waals surface area contributed by atoms with Crippen LogP contribution in [0, 0.1) is 5.92 Å². The van der Waals surface area contributed by atoms with Crippen molar-refractivity contribution in [2.24, 2.45) is 5.92 Å². The van der Waals surface area contributed by atoms with Crippen LogP contribution in [0.2, 0.25) is 0 Å². The molecule has 0 spiro atoms. The second-order valence-electron chi connectivity index (χ2n) is 7.40. The minimum Gasteiger partial charge on any atom is -0.476 e. The van der Waals surface area contributed by atoms with E-state index in [1.807, 2.05) is 6.92 Å². The average molecular weight is 330 g/mol. The van der Waals surface area contributed by atoms with Gasteiger partial charge in [0.05, 0.1) is 21.1 Å². The molecule has 0 rings (SSSR count). The Balaban J connectivity index is 4.87. The summed E-state index contributed by atoms with van der Waals surface area (Å²) in [4.78, 5) is 23.8. The van der Waals surface area contributed by atoms with Gasteiger partial charge >= 0.3 is 11.9 Å². The van der Waals surface area contributed by atoms with Crippen LogP contribution in [0.25, 0.3) is 0 Å². The van der Waals surface area contributed by atoms with Crippen molar-refractivity contribution in [3.63, 3.8) is 0 Å². The lowest BCUT2D eigenvalue weighted by Gasteiger charge is -2.44. The van der Waals surface area contributed by atoms with E-state index >= 15 is 0 Å². The molecule has 0 radical (unpaired) electrons. The molecule has 1 atom stereocenters. The Morgan fingerprint density at radius 2 is 1.30 bits per heavy atom. The molecule has 0 aromatic carbocycles. The van der Waals surface area contributed by atoms with E-state index in [1.54, 1.807) is 21.1 Å². The van der Waals surface area contributed by atoms with Crippen LogP contribution in [-0.2, 0) is 9.59 Å². The van der Waals surface area contributed by atoms with Crippen LogP contribution in [0.15, 0.2) is 0 Å². The van der Waals surface area contributed by atoms with Crippen molar-refractivity contribution in [3.8, 4) is 0 Å². The molecule has 136 valence electrons. The summed E-state index contributed by atoms with van der Waals surface area (Å²) in [6, 6.07) is 0. The summed E-state index contributed by atoms with van der Waals surface area (Å²) >= 11 is 0. The number of aliphatic carboxylic acids is 2. The first kappa shape index (κ1) is 21.9. The first-order chi connectivity index (χ1) is 10.7. The van der Waals surface area contributed by atoms with Gasteiger partial charge in [-0.25, -0.2) is 9.59 Å². The summed E-state index contributed by atoms with van der Waals surface area (Å²) in [6.45, 7) is 4.08. The number of nitrogens with zero attached hydrogens (tertiary/aromatic N) is 1. The summed E-state index contributed by atoms with van der Waals surface area (Å²) in [6.07, 6.45) is 9.25. The van der Waals surface area contributed by atoms with Gasteiger partial charge in [-0.1, -0.05) is 58.8 Å². The van der Waals surface area contributed by atoms with Gasteiger partial charge in [-0.15, -0.1) is 0 Å². The van der Waals surface area contributed by atoms with Crippen molar-refractivity contribution < 1.29 is 24.3 Å². The molecule has 23 heavy (non-hydrogen) atoms. The van der Waals surface area contributed by atoms with Gasteiger partial charge in [0.15, 0.2) is 0 Å². The maximum absolute atomic E-state index is 11.9. The SMILES string of the molecule is CCCCCCCCCC(CC)C(C(=O)O)(C(=O)O)[N+](C)(C)C. The lowest BCUT2D eigenvalue weighted by molar-refractivity contribution is -0.908. The van der Waals surface area contributed by atoms with Crippen molar-refractivity contribution in [1.29, 1.82) is 0 Å². The zero-order valence-electron chi connectivity index (χ0n) is 15.6. The minimum atomic E-state index is -1.78. The molecule has 0 aromatic rings. The predicted molar refractivity (Wildman–Crippen MR) is 92.4 cm³/mol. The normalized spacial score (nSPS) is 13.8. The van der Waals surface area contributed by atoms with Gasteiger partial charge in [0, 0.05) is 5.92 Å². The third kappa shape index (κ3) is 5.48. The molecule has 1 unspecified atom stereocenters. The van der Waals surface area contributed by atoms with Crippen LogP contribution in [-0.4, -0.2) is 53.3 Å². The van der Waals surface area contributed by atoms with E-state index in [0.29, 0.717) is 12.8 Å². The number of hydrogen-bond acceptors (Lipinski definition) is 2. The molecule has 0 heterocycles. The summed E-state index contributed by atoms with van der Waals surface area (Å²) in [5.41, 5.74) is -1.78. The smallest absolute Gasteiger partial charge is 0.378 e. The maximum Gasteiger partial charge on any atom is 0.378 e. The average Bonchev–Trinajstić information content (AvgIpc) is 2.42.